The summed E-state index contributed by atoms with van der Waals surface area (Å²) in [4.78, 5) is 17.3. The first-order valence-corrected chi connectivity index (χ1v) is 13.9. The highest BCUT2D eigenvalue weighted by Crippen LogP contribution is 2.32. The lowest BCUT2D eigenvalue weighted by atomic mass is 9.99. The Hall–Kier alpha value is -3.08. The predicted octanol–water partition coefficient (Wildman–Crippen LogP) is 3.92. The molecule has 3 aromatic rings. The Morgan fingerprint density at radius 3 is 2.70 bits per heavy atom. The van der Waals surface area contributed by atoms with Crippen molar-refractivity contribution in [3.05, 3.63) is 53.7 Å². The number of halogens is 1. The molecule has 1 saturated heterocycles. The molecule has 1 amide bonds. The lowest BCUT2D eigenvalue weighted by Crippen LogP contribution is -2.45. The fraction of sp³-hybridized carbons (Fsp3) is 0.385. The lowest BCUT2D eigenvalue weighted by molar-refractivity contribution is -0.126. The van der Waals surface area contributed by atoms with E-state index in [0.717, 1.165) is 16.6 Å². The van der Waals surface area contributed by atoms with Crippen molar-refractivity contribution in [3.63, 3.8) is 0 Å². The van der Waals surface area contributed by atoms with Gasteiger partial charge in [-0.25, -0.2) is 8.42 Å². The number of carbonyl (C=O) groups is 1. The van der Waals surface area contributed by atoms with Gasteiger partial charge in [0.25, 0.3) is 0 Å². The van der Waals surface area contributed by atoms with Gasteiger partial charge >= 0.3 is 0 Å². The Balaban J connectivity index is 1.29. The number of anilines is 1. The standard InChI is InChI=1S/C26H31ClN4O5S/c1-35-24-9-7-20(16-25(24)36-2)37(33,34)31-14-3-5-18(17-31)26(32)30-12-4-11-28-22-10-13-29-23-15-19(27)6-8-21(22)23/h6-10,13,15-16,18H,3-5,11-12,14,17H2,1-2H3,(H,28,29)(H,30,32)/t18-/m1/s1. The van der Waals surface area contributed by atoms with E-state index in [0.29, 0.717) is 55.4 Å². The molecule has 1 aromatic heterocycles. The number of hydrogen-bond donors (Lipinski definition) is 2. The van der Waals surface area contributed by atoms with E-state index in [1.165, 1.54) is 30.7 Å². The van der Waals surface area contributed by atoms with E-state index in [1.54, 1.807) is 12.3 Å². The number of aromatic nitrogens is 1. The first kappa shape index (κ1) is 27.0. The molecule has 4 rings (SSSR count). The van der Waals surface area contributed by atoms with Crippen LogP contribution in [0.15, 0.2) is 53.6 Å². The fourth-order valence-electron chi connectivity index (χ4n) is 4.44. The second-order valence-corrected chi connectivity index (χ2v) is 11.2. The molecule has 1 fully saturated rings. The number of sulfonamides is 1. The summed E-state index contributed by atoms with van der Waals surface area (Å²) in [6.45, 7) is 1.66. The number of hydrogen-bond acceptors (Lipinski definition) is 7. The van der Waals surface area contributed by atoms with Crippen molar-refractivity contribution < 1.29 is 22.7 Å². The van der Waals surface area contributed by atoms with Crippen molar-refractivity contribution in [1.82, 2.24) is 14.6 Å². The number of ether oxygens (including phenoxy) is 2. The SMILES string of the molecule is COc1ccc(S(=O)(=O)N2CCC[C@@H](C(=O)NCCCNc3ccnc4cc(Cl)ccc34)C2)cc1OC. The molecular formula is C26H31ClN4O5S. The highest BCUT2D eigenvalue weighted by Gasteiger charge is 2.33. The average molecular weight is 547 g/mol. The summed E-state index contributed by atoms with van der Waals surface area (Å²) in [5.74, 6) is 0.266. The van der Waals surface area contributed by atoms with Gasteiger partial charge in [-0.15, -0.1) is 0 Å². The Kier molecular flexibility index (Phi) is 8.73. The number of rotatable bonds is 10. The Labute approximate surface area is 222 Å². The Morgan fingerprint density at radius 2 is 1.92 bits per heavy atom. The van der Waals surface area contributed by atoms with E-state index in [1.807, 2.05) is 24.3 Å². The van der Waals surface area contributed by atoms with Crippen LogP contribution in [-0.2, 0) is 14.8 Å². The van der Waals surface area contributed by atoms with E-state index in [-0.39, 0.29) is 17.3 Å². The van der Waals surface area contributed by atoms with E-state index in [4.69, 9.17) is 21.1 Å². The summed E-state index contributed by atoms with van der Waals surface area (Å²) in [5.41, 5.74) is 1.77. The molecule has 9 nitrogen and oxygen atoms in total. The Morgan fingerprint density at radius 1 is 1.11 bits per heavy atom. The largest absolute Gasteiger partial charge is 0.493 e. The number of pyridine rings is 1. The molecule has 0 aliphatic carbocycles. The number of piperidine rings is 1. The Bertz CT molecular complexity index is 1370. The second-order valence-electron chi connectivity index (χ2n) is 8.81. The molecule has 2 heterocycles. The second kappa shape index (κ2) is 12.0. The van der Waals surface area contributed by atoms with Gasteiger partial charge in [0, 0.05) is 54.5 Å². The highest BCUT2D eigenvalue weighted by molar-refractivity contribution is 7.89. The molecule has 0 saturated carbocycles. The van der Waals surface area contributed by atoms with Crippen LogP contribution < -0.4 is 20.1 Å². The summed E-state index contributed by atoms with van der Waals surface area (Å²) in [5, 5.41) is 7.96. The molecule has 37 heavy (non-hydrogen) atoms. The van der Waals surface area contributed by atoms with Crippen LogP contribution in [0.1, 0.15) is 19.3 Å². The predicted molar refractivity (Wildman–Crippen MR) is 144 cm³/mol. The molecule has 0 bridgehead atoms. The van der Waals surface area contributed by atoms with Crippen LogP contribution in [0.4, 0.5) is 5.69 Å². The van der Waals surface area contributed by atoms with E-state index in [9.17, 15) is 13.2 Å². The lowest BCUT2D eigenvalue weighted by Gasteiger charge is -2.31. The number of nitrogens with one attached hydrogen (secondary N) is 2. The fourth-order valence-corrected chi connectivity index (χ4v) is 6.15. The molecule has 1 aliphatic heterocycles. The van der Waals surface area contributed by atoms with Gasteiger partial charge in [0.1, 0.15) is 0 Å². The summed E-state index contributed by atoms with van der Waals surface area (Å²) in [6.07, 6.45) is 3.70. The first-order chi connectivity index (χ1) is 17.8. The smallest absolute Gasteiger partial charge is 0.243 e. The first-order valence-electron chi connectivity index (χ1n) is 12.1. The van der Waals surface area contributed by atoms with Crippen LogP contribution in [0.3, 0.4) is 0 Å². The summed E-state index contributed by atoms with van der Waals surface area (Å²) >= 11 is 6.05. The van der Waals surface area contributed by atoms with Gasteiger partial charge in [0.2, 0.25) is 15.9 Å². The minimum atomic E-state index is -3.77. The van der Waals surface area contributed by atoms with Crippen LogP contribution >= 0.6 is 11.6 Å². The minimum absolute atomic E-state index is 0.114. The van der Waals surface area contributed by atoms with Crippen molar-refractivity contribution in [1.29, 1.82) is 0 Å². The molecule has 0 spiro atoms. The topological polar surface area (TPSA) is 110 Å². The van der Waals surface area contributed by atoms with Crippen molar-refractivity contribution in [2.24, 2.45) is 5.92 Å². The maximum absolute atomic E-state index is 13.2. The van der Waals surface area contributed by atoms with Gasteiger partial charge in [0.15, 0.2) is 11.5 Å². The quantitative estimate of drug-likeness (QED) is 0.371. The number of benzene rings is 2. The van der Waals surface area contributed by atoms with Crippen LogP contribution in [0, 0.1) is 5.92 Å². The molecule has 2 N–H and O–H groups in total. The van der Waals surface area contributed by atoms with Crippen molar-refractivity contribution >= 4 is 44.1 Å². The van der Waals surface area contributed by atoms with Gasteiger partial charge in [-0.1, -0.05) is 11.6 Å². The van der Waals surface area contributed by atoms with Crippen LogP contribution in [0.2, 0.25) is 5.02 Å². The molecule has 2 aromatic carbocycles. The maximum Gasteiger partial charge on any atom is 0.243 e. The van der Waals surface area contributed by atoms with Crippen molar-refractivity contribution in [2.75, 3.05) is 45.7 Å². The zero-order valence-corrected chi connectivity index (χ0v) is 22.4. The van der Waals surface area contributed by atoms with Gasteiger partial charge in [-0.3, -0.25) is 9.78 Å². The van der Waals surface area contributed by atoms with Crippen LogP contribution in [0.5, 0.6) is 11.5 Å². The summed E-state index contributed by atoms with van der Waals surface area (Å²) in [7, 11) is -0.820. The maximum atomic E-state index is 13.2. The van der Waals surface area contributed by atoms with Gasteiger partial charge in [-0.2, -0.15) is 4.31 Å². The highest BCUT2D eigenvalue weighted by atomic mass is 35.5. The number of carbonyl (C=O) groups excluding carboxylic acids is 1. The minimum Gasteiger partial charge on any atom is -0.493 e. The molecule has 11 heteroatoms. The monoisotopic (exact) mass is 546 g/mol. The van der Waals surface area contributed by atoms with Crippen molar-refractivity contribution in [2.45, 2.75) is 24.2 Å². The molecular weight excluding hydrogens is 516 g/mol. The number of methoxy groups -OCH3 is 2. The van der Waals surface area contributed by atoms with Gasteiger partial charge < -0.3 is 20.1 Å². The van der Waals surface area contributed by atoms with Gasteiger partial charge in [-0.05, 0) is 55.7 Å². The van der Waals surface area contributed by atoms with E-state index in [2.05, 4.69) is 15.6 Å². The molecule has 198 valence electrons. The van der Waals surface area contributed by atoms with E-state index < -0.39 is 15.9 Å². The third-order valence-electron chi connectivity index (χ3n) is 6.42. The molecule has 0 radical (unpaired) electrons. The zero-order chi connectivity index (χ0) is 26.4. The van der Waals surface area contributed by atoms with Crippen molar-refractivity contribution in [3.8, 4) is 11.5 Å². The zero-order valence-electron chi connectivity index (χ0n) is 20.9. The molecule has 1 atom stereocenters. The number of amides is 1. The van der Waals surface area contributed by atoms with Crippen LogP contribution in [-0.4, -0.2) is 64.0 Å². The van der Waals surface area contributed by atoms with Crippen LogP contribution in [0.25, 0.3) is 10.9 Å². The summed E-state index contributed by atoms with van der Waals surface area (Å²) in [6, 6.07) is 12.0. The molecule has 0 unspecified atom stereocenters. The third kappa shape index (κ3) is 6.26. The third-order valence-corrected chi connectivity index (χ3v) is 8.52. The molecule has 1 aliphatic rings. The van der Waals surface area contributed by atoms with Gasteiger partial charge in [0.05, 0.1) is 30.5 Å². The number of fused-ring (bicyclic) bond motifs is 1. The summed E-state index contributed by atoms with van der Waals surface area (Å²) < 4.78 is 38.3. The average Bonchev–Trinajstić information content (AvgIpc) is 2.92. The van der Waals surface area contributed by atoms with E-state index >= 15 is 0 Å². The number of nitrogens with zero attached hydrogens (tertiary/aromatic N) is 2. The normalized spacial score (nSPS) is 16.4.